The molecule has 39 heavy (non-hydrogen) atoms. The van der Waals surface area contributed by atoms with Crippen LogP contribution in [-0.4, -0.2) is 61.1 Å². The highest BCUT2D eigenvalue weighted by Crippen LogP contribution is 2.31. The van der Waals surface area contributed by atoms with Gasteiger partial charge in [0.2, 0.25) is 6.39 Å². The predicted molar refractivity (Wildman–Crippen MR) is 145 cm³/mol. The van der Waals surface area contributed by atoms with Crippen molar-refractivity contribution in [3.63, 3.8) is 0 Å². The van der Waals surface area contributed by atoms with E-state index in [0.29, 0.717) is 17.3 Å². The molecule has 3 aromatic heterocycles. The van der Waals surface area contributed by atoms with Crippen LogP contribution < -0.4 is 4.74 Å². The Morgan fingerprint density at radius 3 is 2.44 bits per heavy atom. The number of piperazine rings is 1. The van der Waals surface area contributed by atoms with E-state index in [2.05, 4.69) is 65.2 Å². The highest BCUT2D eigenvalue weighted by Gasteiger charge is 2.21. The fourth-order valence-electron chi connectivity index (χ4n) is 4.56. The summed E-state index contributed by atoms with van der Waals surface area (Å²) in [7, 11) is 0. The van der Waals surface area contributed by atoms with Crippen LogP contribution in [0, 0.1) is 11.3 Å². The Hall–Kier alpha value is -4.24. The topological polar surface area (TPSA) is 117 Å². The van der Waals surface area contributed by atoms with E-state index in [9.17, 15) is 5.26 Å². The Bertz CT molecular complexity index is 1520. The molecule has 6 rings (SSSR count). The van der Waals surface area contributed by atoms with Crippen LogP contribution in [-0.2, 0) is 19.7 Å². The fourth-order valence-corrected chi connectivity index (χ4v) is 5.59. The summed E-state index contributed by atoms with van der Waals surface area (Å²) in [6, 6.07) is 20.6. The minimum atomic E-state index is -0.576. The number of benzene rings is 2. The summed E-state index contributed by atoms with van der Waals surface area (Å²) in [5, 5.41) is 14.5. The minimum Gasteiger partial charge on any atom is -0.459 e. The van der Waals surface area contributed by atoms with Crippen molar-refractivity contribution in [2.75, 3.05) is 26.2 Å². The van der Waals surface area contributed by atoms with Crippen molar-refractivity contribution in [3.05, 3.63) is 94.8 Å². The Morgan fingerprint density at radius 2 is 1.69 bits per heavy atom. The van der Waals surface area contributed by atoms with Crippen LogP contribution >= 0.6 is 11.3 Å². The third-order valence-corrected chi connectivity index (χ3v) is 7.77. The number of nitrogens with zero attached hydrogens (tertiary/aromatic N) is 8. The van der Waals surface area contributed by atoms with Crippen LogP contribution in [0.3, 0.4) is 0 Å². The molecule has 1 atom stereocenters. The quantitative estimate of drug-likeness (QED) is 0.272. The van der Waals surface area contributed by atoms with Gasteiger partial charge in [0.15, 0.2) is 5.82 Å². The van der Waals surface area contributed by atoms with Crippen LogP contribution in [0.4, 0.5) is 0 Å². The molecule has 1 aliphatic heterocycles. The van der Waals surface area contributed by atoms with E-state index >= 15 is 0 Å². The van der Waals surface area contributed by atoms with Gasteiger partial charge >= 0.3 is 6.01 Å². The van der Waals surface area contributed by atoms with Gasteiger partial charge in [0, 0.05) is 38.9 Å². The Balaban J connectivity index is 1.02. The number of hydrogen-bond acceptors (Lipinski definition) is 11. The standard InChI is InChI=1S/C28H26N8O2S/c29-15-22(27-32-24-3-1-2-4-25(24)39-27)23-9-10-30-28(33-23)37-18-21-7-5-20(6-8-21)16-35-11-13-36(14-12-35)17-26-31-19-38-34-26/h1-10,19,22H,11-14,16-18H2. The Labute approximate surface area is 229 Å². The molecule has 0 saturated carbocycles. The van der Waals surface area contributed by atoms with Crippen LogP contribution in [0.2, 0.25) is 0 Å². The Kier molecular flexibility index (Phi) is 7.49. The maximum absolute atomic E-state index is 9.87. The lowest BCUT2D eigenvalue weighted by atomic mass is 10.1. The third kappa shape index (κ3) is 6.09. The molecular formula is C28H26N8O2S. The van der Waals surface area contributed by atoms with Crippen molar-refractivity contribution < 1.29 is 9.26 Å². The first kappa shape index (κ1) is 25.1. The number of thiazole rings is 1. The highest BCUT2D eigenvalue weighted by atomic mass is 32.1. The lowest BCUT2D eigenvalue weighted by Crippen LogP contribution is -2.45. The largest absolute Gasteiger partial charge is 0.459 e. The van der Waals surface area contributed by atoms with Gasteiger partial charge in [-0.2, -0.15) is 15.2 Å². The predicted octanol–water partition coefficient (Wildman–Crippen LogP) is 4.02. The second kappa shape index (κ2) is 11.7. The lowest BCUT2D eigenvalue weighted by molar-refractivity contribution is 0.119. The molecule has 11 heteroatoms. The van der Waals surface area contributed by atoms with E-state index in [0.717, 1.165) is 60.9 Å². The lowest BCUT2D eigenvalue weighted by Gasteiger charge is -2.34. The van der Waals surface area contributed by atoms with Crippen molar-refractivity contribution >= 4 is 21.6 Å². The van der Waals surface area contributed by atoms with Gasteiger partial charge in [-0.1, -0.05) is 41.6 Å². The number of nitriles is 1. The molecule has 1 aliphatic rings. The summed E-state index contributed by atoms with van der Waals surface area (Å²) in [4.78, 5) is 22.3. The van der Waals surface area contributed by atoms with Gasteiger partial charge in [-0.05, 0) is 29.3 Å². The number of ether oxygens (including phenoxy) is 1. The van der Waals surface area contributed by atoms with Crippen LogP contribution in [0.15, 0.2) is 71.7 Å². The molecule has 0 radical (unpaired) electrons. The smallest absolute Gasteiger partial charge is 0.316 e. The van der Waals surface area contributed by atoms with Gasteiger partial charge in [0.05, 0.1) is 28.5 Å². The van der Waals surface area contributed by atoms with Crippen LogP contribution in [0.5, 0.6) is 6.01 Å². The van der Waals surface area contributed by atoms with Gasteiger partial charge in [-0.3, -0.25) is 9.80 Å². The van der Waals surface area contributed by atoms with E-state index in [-0.39, 0.29) is 6.01 Å². The van der Waals surface area contributed by atoms with E-state index in [4.69, 9.17) is 9.26 Å². The summed E-state index contributed by atoms with van der Waals surface area (Å²) in [5.41, 5.74) is 3.75. The molecule has 0 spiro atoms. The molecule has 0 N–H and O–H groups in total. The summed E-state index contributed by atoms with van der Waals surface area (Å²) in [6.07, 6.45) is 3.00. The number of rotatable bonds is 9. The second-order valence-corrected chi connectivity index (χ2v) is 10.4. The molecule has 10 nitrogen and oxygen atoms in total. The zero-order valence-electron chi connectivity index (χ0n) is 21.2. The molecule has 0 amide bonds. The number of aromatic nitrogens is 5. The van der Waals surface area contributed by atoms with Gasteiger partial charge in [0.25, 0.3) is 0 Å². The molecule has 0 aliphatic carbocycles. The SMILES string of the molecule is N#CC(c1ccnc(OCc2ccc(CN3CCN(Cc4ncon4)CC3)cc2)n1)c1nc2ccccc2s1. The van der Waals surface area contributed by atoms with Crippen molar-refractivity contribution in [3.8, 4) is 12.1 Å². The van der Waals surface area contributed by atoms with Crippen molar-refractivity contribution in [2.24, 2.45) is 0 Å². The van der Waals surface area contributed by atoms with E-state index in [1.165, 1.54) is 23.3 Å². The molecule has 5 aromatic rings. The summed E-state index contributed by atoms with van der Waals surface area (Å²) >= 11 is 1.51. The minimum absolute atomic E-state index is 0.247. The van der Waals surface area contributed by atoms with Crippen molar-refractivity contribution in [2.45, 2.75) is 25.6 Å². The summed E-state index contributed by atoms with van der Waals surface area (Å²) in [6.45, 7) is 5.93. The van der Waals surface area contributed by atoms with Crippen molar-refractivity contribution in [1.82, 2.24) is 34.9 Å². The summed E-state index contributed by atoms with van der Waals surface area (Å²) < 4.78 is 11.8. The molecule has 4 heterocycles. The fraction of sp³-hybridized carbons (Fsp3) is 0.286. The summed E-state index contributed by atoms with van der Waals surface area (Å²) in [5.74, 6) is 0.157. The molecule has 1 saturated heterocycles. The normalized spacial score (nSPS) is 15.3. The van der Waals surface area contributed by atoms with Crippen molar-refractivity contribution in [1.29, 1.82) is 5.26 Å². The van der Waals surface area contributed by atoms with E-state index in [1.807, 2.05) is 24.3 Å². The van der Waals surface area contributed by atoms with Gasteiger partial charge < -0.3 is 9.26 Å². The van der Waals surface area contributed by atoms with Gasteiger partial charge in [-0.15, -0.1) is 11.3 Å². The molecular weight excluding hydrogens is 512 g/mol. The van der Waals surface area contributed by atoms with Crippen LogP contribution in [0.25, 0.3) is 10.2 Å². The zero-order valence-corrected chi connectivity index (χ0v) is 22.0. The van der Waals surface area contributed by atoms with Crippen LogP contribution in [0.1, 0.15) is 33.6 Å². The molecule has 1 fully saturated rings. The molecule has 1 unspecified atom stereocenters. The molecule has 2 aromatic carbocycles. The first-order valence-corrected chi connectivity index (χ1v) is 13.5. The molecule has 0 bridgehead atoms. The van der Waals surface area contributed by atoms with Gasteiger partial charge in [0.1, 0.15) is 17.5 Å². The maximum Gasteiger partial charge on any atom is 0.316 e. The monoisotopic (exact) mass is 538 g/mol. The number of hydrogen-bond donors (Lipinski definition) is 0. The third-order valence-electron chi connectivity index (χ3n) is 6.67. The number of fused-ring (bicyclic) bond motifs is 1. The zero-order chi connectivity index (χ0) is 26.4. The second-order valence-electron chi connectivity index (χ2n) is 9.35. The average Bonchev–Trinajstić information content (AvgIpc) is 3.64. The maximum atomic E-state index is 9.87. The molecule has 196 valence electrons. The van der Waals surface area contributed by atoms with Gasteiger partial charge in [-0.25, -0.2) is 9.97 Å². The van der Waals surface area contributed by atoms with E-state index < -0.39 is 5.92 Å². The number of para-hydroxylation sites is 1. The average molecular weight is 539 g/mol. The Morgan fingerprint density at radius 1 is 0.923 bits per heavy atom. The highest BCUT2D eigenvalue weighted by molar-refractivity contribution is 7.18. The first-order chi connectivity index (χ1) is 19.2. The first-order valence-electron chi connectivity index (χ1n) is 12.7. The van der Waals surface area contributed by atoms with E-state index in [1.54, 1.807) is 12.3 Å².